The number of amides is 1. The molecule has 0 aliphatic heterocycles. The van der Waals surface area contributed by atoms with Crippen LogP contribution in [0.4, 0.5) is 4.79 Å². The van der Waals surface area contributed by atoms with Crippen LogP contribution in [0.1, 0.15) is 39.2 Å². The molecule has 18 heavy (non-hydrogen) atoms. The first kappa shape index (κ1) is 14.8. The van der Waals surface area contributed by atoms with Crippen molar-refractivity contribution in [2.75, 3.05) is 6.54 Å². The molecule has 0 saturated heterocycles. The molecule has 0 fully saturated rings. The molecule has 100 valence electrons. The van der Waals surface area contributed by atoms with Crippen LogP contribution >= 0.6 is 11.6 Å². The zero-order valence-corrected chi connectivity index (χ0v) is 12.0. The van der Waals surface area contributed by atoms with Crippen LogP contribution < -0.4 is 5.32 Å². The first-order valence-electron chi connectivity index (χ1n) is 6.00. The Morgan fingerprint density at radius 1 is 1.33 bits per heavy atom. The monoisotopic (exact) mass is 269 g/mol. The molecular weight excluding hydrogens is 250 g/mol. The van der Waals surface area contributed by atoms with Crippen LogP contribution in [0.25, 0.3) is 0 Å². The maximum absolute atomic E-state index is 11.5. The summed E-state index contributed by atoms with van der Waals surface area (Å²) in [6.45, 7) is 8.11. The van der Waals surface area contributed by atoms with Crippen molar-refractivity contribution >= 4 is 17.7 Å². The van der Waals surface area contributed by atoms with Gasteiger partial charge >= 0.3 is 6.09 Å². The van der Waals surface area contributed by atoms with Gasteiger partial charge in [-0.1, -0.05) is 30.7 Å². The molecule has 1 amide bonds. The van der Waals surface area contributed by atoms with E-state index in [1.807, 2.05) is 52.0 Å². The smallest absolute Gasteiger partial charge is 0.407 e. The Hall–Kier alpha value is -1.22. The third-order valence-electron chi connectivity index (χ3n) is 2.39. The number of ether oxygens (including phenoxy) is 1. The molecule has 1 atom stereocenters. The highest BCUT2D eigenvalue weighted by atomic mass is 35.5. The number of carbonyl (C=O) groups excluding carboxylic acids is 1. The molecule has 0 aliphatic carbocycles. The Kier molecular flexibility index (Phi) is 5.03. The van der Waals surface area contributed by atoms with Crippen molar-refractivity contribution in [2.45, 2.75) is 39.2 Å². The average Bonchev–Trinajstić information content (AvgIpc) is 2.24. The van der Waals surface area contributed by atoms with E-state index in [1.54, 1.807) is 0 Å². The van der Waals surface area contributed by atoms with E-state index in [-0.39, 0.29) is 12.0 Å². The largest absolute Gasteiger partial charge is 0.444 e. The van der Waals surface area contributed by atoms with Gasteiger partial charge in [0.25, 0.3) is 0 Å². The first-order valence-corrected chi connectivity index (χ1v) is 6.38. The van der Waals surface area contributed by atoms with Gasteiger partial charge in [-0.05, 0) is 44.4 Å². The van der Waals surface area contributed by atoms with Crippen molar-refractivity contribution in [3.05, 3.63) is 34.9 Å². The molecule has 0 radical (unpaired) electrons. The van der Waals surface area contributed by atoms with Crippen LogP contribution in [0.15, 0.2) is 24.3 Å². The summed E-state index contributed by atoms with van der Waals surface area (Å²) >= 11 is 5.83. The van der Waals surface area contributed by atoms with Crippen LogP contribution in [-0.4, -0.2) is 18.2 Å². The Morgan fingerprint density at radius 2 is 1.89 bits per heavy atom. The normalized spacial score (nSPS) is 12.9. The third kappa shape index (κ3) is 5.41. The summed E-state index contributed by atoms with van der Waals surface area (Å²) in [5.74, 6) is 0.217. The number of carbonyl (C=O) groups is 1. The molecule has 0 aliphatic rings. The SMILES string of the molecule is CC(CNC(=O)OC(C)(C)C)c1ccc(Cl)cc1. The minimum Gasteiger partial charge on any atom is -0.444 e. The van der Waals surface area contributed by atoms with E-state index < -0.39 is 5.60 Å². The van der Waals surface area contributed by atoms with E-state index in [9.17, 15) is 4.79 Å². The zero-order chi connectivity index (χ0) is 13.8. The molecule has 0 aromatic heterocycles. The van der Waals surface area contributed by atoms with Crippen LogP contribution in [0.2, 0.25) is 5.02 Å². The fourth-order valence-corrected chi connectivity index (χ4v) is 1.59. The Morgan fingerprint density at radius 3 is 2.39 bits per heavy atom. The summed E-state index contributed by atoms with van der Waals surface area (Å²) in [6, 6.07) is 7.62. The van der Waals surface area contributed by atoms with Crippen molar-refractivity contribution in [1.29, 1.82) is 0 Å². The van der Waals surface area contributed by atoms with Crippen molar-refractivity contribution in [1.82, 2.24) is 5.32 Å². The Labute approximate surface area is 113 Å². The summed E-state index contributed by atoms with van der Waals surface area (Å²) in [5.41, 5.74) is 0.670. The van der Waals surface area contributed by atoms with Crippen molar-refractivity contribution in [2.24, 2.45) is 0 Å². The molecule has 1 aromatic rings. The van der Waals surface area contributed by atoms with E-state index in [4.69, 9.17) is 16.3 Å². The zero-order valence-electron chi connectivity index (χ0n) is 11.3. The summed E-state index contributed by atoms with van der Waals surface area (Å²) in [4.78, 5) is 11.5. The van der Waals surface area contributed by atoms with Gasteiger partial charge in [0.05, 0.1) is 0 Å². The van der Waals surface area contributed by atoms with E-state index in [0.29, 0.717) is 11.6 Å². The molecule has 1 unspecified atom stereocenters. The number of halogens is 1. The minimum absolute atomic E-state index is 0.217. The van der Waals surface area contributed by atoms with E-state index in [0.717, 1.165) is 5.56 Å². The van der Waals surface area contributed by atoms with Gasteiger partial charge in [-0.25, -0.2) is 4.79 Å². The molecule has 0 spiro atoms. The van der Waals surface area contributed by atoms with Gasteiger partial charge in [-0.3, -0.25) is 0 Å². The predicted molar refractivity (Wildman–Crippen MR) is 74.1 cm³/mol. The fourth-order valence-electron chi connectivity index (χ4n) is 1.46. The lowest BCUT2D eigenvalue weighted by Gasteiger charge is -2.21. The Balaban J connectivity index is 2.44. The van der Waals surface area contributed by atoms with Gasteiger partial charge in [-0.15, -0.1) is 0 Å². The second kappa shape index (κ2) is 6.10. The molecule has 1 aromatic carbocycles. The summed E-state index contributed by atoms with van der Waals surface area (Å²) < 4.78 is 5.17. The number of hydrogen-bond acceptors (Lipinski definition) is 2. The average molecular weight is 270 g/mol. The second-order valence-corrected chi connectivity index (χ2v) is 5.77. The van der Waals surface area contributed by atoms with Gasteiger partial charge in [0.1, 0.15) is 5.60 Å². The molecule has 1 N–H and O–H groups in total. The van der Waals surface area contributed by atoms with Crippen molar-refractivity contribution in [3.8, 4) is 0 Å². The molecule has 4 heteroatoms. The quantitative estimate of drug-likeness (QED) is 0.902. The van der Waals surface area contributed by atoms with Crippen LogP contribution in [0, 0.1) is 0 Å². The highest BCUT2D eigenvalue weighted by Crippen LogP contribution is 2.17. The van der Waals surface area contributed by atoms with Gasteiger partial charge in [0.15, 0.2) is 0 Å². The number of alkyl carbamates (subject to hydrolysis) is 1. The van der Waals surface area contributed by atoms with Crippen LogP contribution in [0.5, 0.6) is 0 Å². The van der Waals surface area contributed by atoms with E-state index in [1.165, 1.54) is 0 Å². The predicted octanol–water partition coefficient (Wildman–Crippen LogP) is 3.97. The first-order chi connectivity index (χ1) is 8.28. The Bertz CT molecular complexity index is 395. The third-order valence-corrected chi connectivity index (χ3v) is 2.64. The molecule has 0 saturated carbocycles. The maximum Gasteiger partial charge on any atom is 0.407 e. The lowest BCUT2D eigenvalue weighted by Crippen LogP contribution is -2.34. The second-order valence-electron chi connectivity index (χ2n) is 5.34. The van der Waals surface area contributed by atoms with E-state index in [2.05, 4.69) is 5.32 Å². The fraction of sp³-hybridized carbons (Fsp3) is 0.500. The molecule has 0 heterocycles. The minimum atomic E-state index is -0.465. The molecule has 1 rings (SSSR count). The number of nitrogens with one attached hydrogen (secondary N) is 1. The van der Waals surface area contributed by atoms with Gasteiger partial charge in [-0.2, -0.15) is 0 Å². The number of hydrogen-bond donors (Lipinski definition) is 1. The van der Waals surface area contributed by atoms with Crippen LogP contribution in [0.3, 0.4) is 0 Å². The topological polar surface area (TPSA) is 38.3 Å². The maximum atomic E-state index is 11.5. The highest BCUT2D eigenvalue weighted by molar-refractivity contribution is 6.30. The van der Waals surface area contributed by atoms with E-state index >= 15 is 0 Å². The van der Waals surface area contributed by atoms with Crippen molar-refractivity contribution < 1.29 is 9.53 Å². The van der Waals surface area contributed by atoms with Crippen molar-refractivity contribution in [3.63, 3.8) is 0 Å². The highest BCUT2D eigenvalue weighted by Gasteiger charge is 2.16. The summed E-state index contributed by atoms with van der Waals surface area (Å²) in [7, 11) is 0. The molecular formula is C14H20ClNO2. The summed E-state index contributed by atoms with van der Waals surface area (Å²) in [6.07, 6.45) is -0.386. The lowest BCUT2D eigenvalue weighted by molar-refractivity contribution is 0.0525. The molecule has 0 bridgehead atoms. The van der Waals surface area contributed by atoms with Crippen LogP contribution in [-0.2, 0) is 4.74 Å². The number of benzene rings is 1. The lowest BCUT2D eigenvalue weighted by atomic mass is 10.0. The molecule has 3 nitrogen and oxygen atoms in total. The standard InChI is InChI=1S/C14H20ClNO2/c1-10(11-5-7-12(15)8-6-11)9-16-13(17)18-14(2,3)4/h5-8,10H,9H2,1-4H3,(H,16,17). The van der Waals surface area contributed by atoms with Gasteiger partial charge in [0, 0.05) is 11.6 Å². The van der Waals surface area contributed by atoms with Gasteiger partial charge in [0.2, 0.25) is 0 Å². The summed E-state index contributed by atoms with van der Waals surface area (Å²) in [5, 5.41) is 3.47. The van der Waals surface area contributed by atoms with Gasteiger partial charge < -0.3 is 10.1 Å². The number of rotatable bonds is 3.